The van der Waals surface area contributed by atoms with E-state index in [1.165, 1.54) is 13.0 Å². The SMILES string of the molecule is CC(=O)Oc1c(C)ccc(C)c1/C=C\C=O. The molecule has 0 unspecified atom stereocenters. The lowest BCUT2D eigenvalue weighted by Crippen LogP contribution is -2.05. The van der Waals surface area contributed by atoms with Crippen LogP contribution in [0, 0.1) is 13.8 Å². The first-order chi connectivity index (χ1) is 7.56. The van der Waals surface area contributed by atoms with Gasteiger partial charge in [0.05, 0.1) is 0 Å². The summed E-state index contributed by atoms with van der Waals surface area (Å²) in [5.41, 5.74) is 2.59. The summed E-state index contributed by atoms with van der Waals surface area (Å²) in [5.74, 6) is 0.153. The highest BCUT2D eigenvalue weighted by Gasteiger charge is 2.09. The minimum atomic E-state index is -0.366. The number of aldehydes is 1. The summed E-state index contributed by atoms with van der Waals surface area (Å²) in [4.78, 5) is 21.3. The van der Waals surface area contributed by atoms with E-state index in [9.17, 15) is 9.59 Å². The van der Waals surface area contributed by atoms with Gasteiger partial charge >= 0.3 is 5.97 Å². The zero-order valence-corrected chi connectivity index (χ0v) is 9.61. The number of ether oxygens (including phenoxy) is 1. The van der Waals surface area contributed by atoms with Crippen LogP contribution in [0.3, 0.4) is 0 Å². The normalized spacial score (nSPS) is 10.4. The average molecular weight is 218 g/mol. The maximum absolute atomic E-state index is 11.0. The molecule has 0 aromatic heterocycles. The van der Waals surface area contributed by atoms with Crippen molar-refractivity contribution in [2.45, 2.75) is 20.8 Å². The molecule has 0 aliphatic rings. The Morgan fingerprint density at radius 1 is 1.25 bits per heavy atom. The van der Waals surface area contributed by atoms with E-state index in [0.29, 0.717) is 12.0 Å². The maximum atomic E-state index is 11.0. The van der Waals surface area contributed by atoms with Gasteiger partial charge in [-0.1, -0.05) is 12.1 Å². The molecule has 3 nitrogen and oxygen atoms in total. The zero-order valence-electron chi connectivity index (χ0n) is 9.61. The molecule has 1 rings (SSSR count). The Morgan fingerprint density at radius 3 is 2.44 bits per heavy atom. The van der Waals surface area contributed by atoms with Crippen molar-refractivity contribution < 1.29 is 14.3 Å². The van der Waals surface area contributed by atoms with E-state index in [2.05, 4.69) is 0 Å². The molecule has 0 N–H and O–H groups in total. The Hall–Kier alpha value is -1.90. The van der Waals surface area contributed by atoms with Crippen LogP contribution in [0.15, 0.2) is 18.2 Å². The molecule has 3 heteroatoms. The van der Waals surface area contributed by atoms with Gasteiger partial charge in [-0.15, -0.1) is 0 Å². The van der Waals surface area contributed by atoms with Crippen molar-refractivity contribution in [3.8, 4) is 5.75 Å². The monoisotopic (exact) mass is 218 g/mol. The lowest BCUT2D eigenvalue weighted by Gasteiger charge is -2.11. The van der Waals surface area contributed by atoms with Crippen LogP contribution in [0.1, 0.15) is 23.6 Å². The Labute approximate surface area is 94.7 Å². The third-order valence-electron chi connectivity index (χ3n) is 2.20. The van der Waals surface area contributed by atoms with Crippen LogP contribution in [-0.4, -0.2) is 12.3 Å². The molecule has 0 amide bonds. The molecule has 0 aliphatic heterocycles. The first-order valence-corrected chi connectivity index (χ1v) is 4.96. The molecule has 0 aliphatic carbocycles. The molecule has 1 aromatic carbocycles. The maximum Gasteiger partial charge on any atom is 0.308 e. The number of hydrogen-bond acceptors (Lipinski definition) is 3. The minimum Gasteiger partial charge on any atom is -0.426 e. The number of hydrogen-bond donors (Lipinski definition) is 0. The van der Waals surface area contributed by atoms with Crippen LogP contribution < -0.4 is 4.74 Å². The molecule has 0 saturated carbocycles. The molecule has 0 atom stereocenters. The summed E-state index contributed by atoms with van der Waals surface area (Å²) >= 11 is 0. The van der Waals surface area contributed by atoms with E-state index >= 15 is 0 Å². The number of aryl methyl sites for hydroxylation is 2. The number of carbonyl (C=O) groups is 2. The van der Waals surface area contributed by atoms with Crippen molar-refractivity contribution in [3.05, 3.63) is 34.9 Å². The van der Waals surface area contributed by atoms with Gasteiger partial charge in [-0.3, -0.25) is 9.59 Å². The Bertz CT molecular complexity index is 445. The third kappa shape index (κ3) is 2.79. The zero-order chi connectivity index (χ0) is 12.1. The van der Waals surface area contributed by atoms with Crippen LogP contribution in [0.2, 0.25) is 0 Å². The van der Waals surface area contributed by atoms with Crippen LogP contribution in [0.5, 0.6) is 5.75 Å². The second-order valence-electron chi connectivity index (χ2n) is 3.53. The minimum absolute atomic E-state index is 0.366. The summed E-state index contributed by atoms with van der Waals surface area (Å²) in [6, 6.07) is 3.80. The second kappa shape index (κ2) is 5.26. The van der Waals surface area contributed by atoms with Gasteiger partial charge < -0.3 is 4.74 Å². The number of allylic oxidation sites excluding steroid dienone is 1. The predicted molar refractivity (Wildman–Crippen MR) is 62.3 cm³/mol. The largest absolute Gasteiger partial charge is 0.426 e. The van der Waals surface area contributed by atoms with Crippen molar-refractivity contribution >= 4 is 18.3 Å². The second-order valence-corrected chi connectivity index (χ2v) is 3.53. The number of esters is 1. The number of rotatable bonds is 3. The van der Waals surface area contributed by atoms with Crippen LogP contribution in [0.4, 0.5) is 0 Å². The summed E-state index contributed by atoms with van der Waals surface area (Å²) in [6.45, 7) is 5.11. The van der Waals surface area contributed by atoms with Crippen molar-refractivity contribution in [2.75, 3.05) is 0 Å². The fourth-order valence-electron chi connectivity index (χ4n) is 1.43. The smallest absolute Gasteiger partial charge is 0.308 e. The van der Waals surface area contributed by atoms with Crippen molar-refractivity contribution in [1.29, 1.82) is 0 Å². The van der Waals surface area contributed by atoms with E-state index in [1.807, 2.05) is 26.0 Å². The first kappa shape index (κ1) is 12.2. The average Bonchev–Trinajstić information content (AvgIpc) is 2.22. The first-order valence-electron chi connectivity index (χ1n) is 4.96. The van der Waals surface area contributed by atoms with Gasteiger partial charge in [0.1, 0.15) is 12.0 Å². The molecular formula is C13H14O3. The lowest BCUT2D eigenvalue weighted by atomic mass is 10.0. The molecule has 84 valence electrons. The molecule has 0 bridgehead atoms. The molecule has 16 heavy (non-hydrogen) atoms. The summed E-state index contributed by atoms with van der Waals surface area (Å²) in [7, 11) is 0. The predicted octanol–water partition coefficient (Wildman–Crippen LogP) is 2.44. The topological polar surface area (TPSA) is 43.4 Å². The van der Waals surface area contributed by atoms with Gasteiger partial charge in [-0.2, -0.15) is 0 Å². The van der Waals surface area contributed by atoms with E-state index in [1.54, 1.807) is 6.08 Å². The van der Waals surface area contributed by atoms with Gasteiger partial charge in [0.2, 0.25) is 0 Å². The highest BCUT2D eigenvalue weighted by Crippen LogP contribution is 2.28. The van der Waals surface area contributed by atoms with E-state index in [0.717, 1.165) is 16.7 Å². The van der Waals surface area contributed by atoms with Gasteiger partial charge in [0, 0.05) is 12.5 Å². The molecule has 0 radical (unpaired) electrons. The molecule has 0 saturated heterocycles. The molecular weight excluding hydrogens is 204 g/mol. The standard InChI is InChI=1S/C13H14O3/c1-9-6-7-10(2)13(16-11(3)15)12(9)5-4-8-14/h4-8H,1-3H3/b5-4-. The highest BCUT2D eigenvalue weighted by atomic mass is 16.5. The highest BCUT2D eigenvalue weighted by molar-refractivity contribution is 5.79. The lowest BCUT2D eigenvalue weighted by molar-refractivity contribution is -0.131. The van der Waals surface area contributed by atoms with Crippen LogP contribution in [-0.2, 0) is 9.59 Å². The molecule has 0 fully saturated rings. The van der Waals surface area contributed by atoms with E-state index in [4.69, 9.17) is 4.74 Å². The van der Waals surface area contributed by atoms with Crippen LogP contribution >= 0.6 is 0 Å². The van der Waals surface area contributed by atoms with E-state index in [-0.39, 0.29) is 5.97 Å². The molecule has 0 heterocycles. The van der Waals surface area contributed by atoms with Gasteiger partial charge in [0.25, 0.3) is 0 Å². The van der Waals surface area contributed by atoms with Crippen molar-refractivity contribution in [1.82, 2.24) is 0 Å². The summed E-state index contributed by atoms with van der Waals surface area (Å²) in [6.07, 6.45) is 3.72. The number of carbonyl (C=O) groups excluding carboxylic acids is 2. The van der Waals surface area contributed by atoms with Crippen molar-refractivity contribution in [3.63, 3.8) is 0 Å². The van der Waals surface area contributed by atoms with Crippen molar-refractivity contribution in [2.24, 2.45) is 0 Å². The summed E-state index contributed by atoms with van der Waals surface area (Å²) < 4.78 is 5.15. The van der Waals surface area contributed by atoms with Gasteiger partial charge in [0.15, 0.2) is 0 Å². The van der Waals surface area contributed by atoms with Gasteiger partial charge in [-0.05, 0) is 37.1 Å². The number of benzene rings is 1. The molecule has 0 spiro atoms. The Kier molecular flexibility index (Phi) is 4.00. The van der Waals surface area contributed by atoms with E-state index < -0.39 is 0 Å². The molecule has 1 aromatic rings. The quantitative estimate of drug-likeness (QED) is 0.339. The summed E-state index contributed by atoms with van der Waals surface area (Å²) in [5, 5.41) is 0. The third-order valence-corrected chi connectivity index (χ3v) is 2.20. The fraction of sp³-hybridized carbons (Fsp3) is 0.231. The fourth-order valence-corrected chi connectivity index (χ4v) is 1.43. The van der Waals surface area contributed by atoms with Gasteiger partial charge in [-0.25, -0.2) is 0 Å². The Balaban J connectivity index is 3.29. The Morgan fingerprint density at radius 2 is 1.88 bits per heavy atom. The van der Waals surface area contributed by atoms with Crippen LogP contribution in [0.25, 0.3) is 6.08 Å².